The molecule has 0 aliphatic heterocycles. The molecule has 0 saturated heterocycles. The van der Waals surface area contributed by atoms with Crippen LogP contribution in [0.4, 0.5) is 5.69 Å². The first kappa shape index (κ1) is 19.6. The number of benzene rings is 2. The maximum atomic E-state index is 11.8. The van der Waals surface area contributed by atoms with Crippen molar-refractivity contribution in [2.24, 2.45) is 0 Å². The van der Waals surface area contributed by atoms with Crippen LogP contribution in [0.1, 0.15) is 12.0 Å². The number of amides is 1. The molecule has 2 aromatic carbocycles. The summed E-state index contributed by atoms with van der Waals surface area (Å²) in [6, 6.07) is 14.7. The summed E-state index contributed by atoms with van der Waals surface area (Å²) >= 11 is 0. The van der Waals surface area contributed by atoms with Gasteiger partial charge in [-0.25, -0.2) is 0 Å². The van der Waals surface area contributed by atoms with Gasteiger partial charge in [0.15, 0.2) is 0 Å². The SMILES string of the molecule is COc1ccc(OCCCNC(=O)Cc2ccc(N)cc2)cc1.Cl. The first-order valence-electron chi connectivity index (χ1n) is 7.55. The second-order valence-electron chi connectivity index (χ2n) is 5.15. The van der Waals surface area contributed by atoms with Gasteiger partial charge in [-0.1, -0.05) is 12.1 Å². The van der Waals surface area contributed by atoms with E-state index in [1.54, 1.807) is 19.2 Å². The van der Waals surface area contributed by atoms with Crippen molar-refractivity contribution in [1.82, 2.24) is 5.32 Å². The van der Waals surface area contributed by atoms with E-state index in [4.69, 9.17) is 15.2 Å². The number of halogens is 1. The van der Waals surface area contributed by atoms with Crippen LogP contribution in [0.3, 0.4) is 0 Å². The van der Waals surface area contributed by atoms with Gasteiger partial charge in [0.1, 0.15) is 11.5 Å². The third-order valence-corrected chi connectivity index (χ3v) is 3.32. The molecule has 6 heteroatoms. The molecule has 130 valence electrons. The Morgan fingerprint density at radius 1 is 1.04 bits per heavy atom. The normalized spacial score (nSPS) is 9.71. The lowest BCUT2D eigenvalue weighted by molar-refractivity contribution is -0.120. The molecule has 0 heterocycles. The van der Waals surface area contributed by atoms with Gasteiger partial charge in [-0.2, -0.15) is 0 Å². The van der Waals surface area contributed by atoms with E-state index in [2.05, 4.69) is 5.32 Å². The maximum absolute atomic E-state index is 11.8. The van der Waals surface area contributed by atoms with Crippen LogP contribution < -0.4 is 20.5 Å². The van der Waals surface area contributed by atoms with E-state index in [-0.39, 0.29) is 18.3 Å². The summed E-state index contributed by atoms with van der Waals surface area (Å²) < 4.78 is 10.7. The predicted octanol–water partition coefficient (Wildman–Crippen LogP) is 2.83. The molecule has 0 saturated carbocycles. The zero-order chi connectivity index (χ0) is 16.5. The molecule has 2 aromatic rings. The number of ether oxygens (including phenoxy) is 2. The predicted molar refractivity (Wildman–Crippen MR) is 97.9 cm³/mol. The number of hydrogen-bond acceptors (Lipinski definition) is 4. The third kappa shape index (κ3) is 6.79. The fourth-order valence-corrected chi connectivity index (χ4v) is 2.05. The Labute approximate surface area is 148 Å². The van der Waals surface area contributed by atoms with Gasteiger partial charge in [-0.3, -0.25) is 4.79 Å². The van der Waals surface area contributed by atoms with E-state index in [0.717, 1.165) is 23.5 Å². The molecule has 0 fully saturated rings. The largest absolute Gasteiger partial charge is 0.497 e. The van der Waals surface area contributed by atoms with E-state index < -0.39 is 0 Å². The van der Waals surface area contributed by atoms with E-state index >= 15 is 0 Å². The maximum Gasteiger partial charge on any atom is 0.224 e. The molecule has 24 heavy (non-hydrogen) atoms. The summed E-state index contributed by atoms with van der Waals surface area (Å²) in [4.78, 5) is 11.8. The van der Waals surface area contributed by atoms with Gasteiger partial charge in [0.05, 0.1) is 20.1 Å². The van der Waals surface area contributed by atoms with E-state index in [0.29, 0.717) is 25.3 Å². The Bertz CT molecular complexity index is 615. The summed E-state index contributed by atoms with van der Waals surface area (Å²) in [5, 5.41) is 2.88. The van der Waals surface area contributed by atoms with Crippen LogP contribution in [0.5, 0.6) is 11.5 Å². The number of carbonyl (C=O) groups is 1. The number of anilines is 1. The highest BCUT2D eigenvalue weighted by Crippen LogP contribution is 2.16. The Hall–Kier alpha value is -2.40. The van der Waals surface area contributed by atoms with Crippen molar-refractivity contribution in [2.45, 2.75) is 12.8 Å². The Kier molecular flexibility index (Phi) is 8.50. The number of nitrogens with one attached hydrogen (secondary N) is 1. The molecular formula is C18H23ClN2O3. The van der Waals surface area contributed by atoms with E-state index in [1.165, 1.54) is 0 Å². The van der Waals surface area contributed by atoms with Gasteiger partial charge in [0, 0.05) is 12.2 Å². The minimum absolute atomic E-state index is 0. The Morgan fingerprint density at radius 3 is 2.29 bits per heavy atom. The molecule has 3 N–H and O–H groups in total. The van der Waals surface area contributed by atoms with Gasteiger partial charge in [0.25, 0.3) is 0 Å². The van der Waals surface area contributed by atoms with Crippen molar-refractivity contribution in [3.63, 3.8) is 0 Å². The van der Waals surface area contributed by atoms with Crippen molar-refractivity contribution < 1.29 is 14.3 Å². The summed E-state index contributed by atoms with van der Waals surface area (Å²) in [6.45, 7) is 1.14. The van der Waals surface area contributed by atoms with Crippen LogP contribution in [0.25, 0.3) is 0 Å². The average molecular weight is 351 g/mol. The molecule has 0 aromatic heterocycles. The Balaban J connectivity index is 0.00000288. The zero-order valence-electron chi connectivity index (χ0n) is 13.7. The minimum atomic E-state index is -0.000723. The van der Waals surface area contributed by atoms with Gasteiger partial charge in [0.2, 0.25) is 5.91 Å². The molecule has 0 aliphatic rings. The van der Waals surface area contributed by atoms with Crippen LogP contribution in [0, 0.1) is 0 Å². The fourth-order valence-electron chi connectivity index (χ4n) is 2.05. The third-order valence-electron chi connectivity index (χ3n) is 3.32. The number of nitrogens with two attached hydrogens (primary N) is 1. The average Bonchev–Trinajstić information content (AvgIpc) is 2.57. The molecule has 0 radical (unpaired) electrons. The highest BCUT2D eigenvalue weighted by molar-refractivity contribution is 5.85. The molecule has 0 atom stereocenters. The molecule has 0 spiro atoms. The van der Waals surface area contributed by atoms with Gasteiger partial charge < -0.3 is 20.5 Å². The van der Waals surface area contributed by atoms with Crippen molar-refractivity contribution >= 4 is 24.0 Å². The number of carbonyl (C=O) groups excluding carboxylic acids is 1. The van der Waals surface area contributed by atoms with Crippen LogP contribution in [0.15, 0.2) is 48.5 Å². The lowest BCUT2D eigenvalue weighted by atomic mass is 10.1. The minimum Gasteiger partial charge on any atom is -0.497 e. The molecule has 0 unspecified atom stereocenters. The summed E-state index contributed by atoms with van der Waals surface area (Å²) in [5.41, 5.74) is 7.26. The summed E-state index contributed by atoms with van der Waals surface area (Å²) in [6.07, 6.45) is 1.11. The molecule has 1 amide bonds. The van der Waals surface area contributed by atoms with Crippen LogP contribution in [-0.2, 0) is 11.2 Å². The lowest BCUT2D eigenvalue weighted by Crippen LogP contribution is -2.27. The monoisotopic (exact) mass is 350 g/mol. The zero-order valence-corrected chi connectivity index (χ0v) is 14.5. The quantitative estimate of drug-likeness (QED) is 0.567. The van der Waals surface area contributed by atoms with Crippen LogP contribution in [-0.4, -0.2) is 26.2 Å². The van der Waals surface area contributed by atoms with Gasteiger partial charge >= 0.3 is 0 Å². The highest BCUT2D eigenvalue weighted by atomic mass is 35.5. The Morgan fingerprint density at radius 2 is 1.67 bits per heavy atom. The second kappa shape index (κ2) is 10.4. The van der Waals surface area contributed by atoms with E-state index in [1.807, 2.05) is 36.4 Å². The first-order chi connectivity index (χ1) is 11.2. The van der Waals surface area contributed by atoms with Crippen LogP contribution >= 0.6 is 12.4 Å². The summed E-state index contributed by atoms with van der Waals surface area (Å²) in [5.74, 6) is 1.59. The number of hydrogen-bond donors (Lipinski definition) is 2. The van der Waals surface area contributed by atoms with Crippen LogP contribution in [0.2, 0.25) is 0 Å². The number of methoxy groups -OCH3 is 1. The molecule has 0 bridgehead atoms. The first-order valence-corrected chi connectivity index (χ1v) is 7.55. The second-order valence-corrected chi connectivity index (χ2v) is 5.15. The van der Waals surface area contributed by atoms with Crippen molar-refractivity contribution in [1.29, 1.82) is 0 Å². The molecule has 2 rings (SSSR count). The van der Waals surface area contributed by atoms with Gasteiger partial charge in [-0.15, -0.1) is 12.4 Å². The summed E-state index contributed by atoms with van der Waals surface area (Å²) in [7, 11) is 1.63. The van der Waals surface area contributed by atoms with Gasteiger partial charge in [-0.05, 0) is 48.4 Å². The molecule has 5 nitrogen and oxygen atoms in total. The van der Waals surface area contributed by atoms with E-state index in [9.17, 15) is 4.79 Å². The molecular weight excluding hydrogens is 328 g/mol. The van der Waals surface area contributed by atoms with Crippen molar-refractivity contribution in [3.8, 4) is 11.5 Å². The van der Waals surface area contributed by atoms with Crippen molar-refractivity contribution in [2.75, 3.05) is 26.0 Å². The number of nitrogen functional groups attached to an aromatic ring is 1. The fraction of sp³-hybridized carbons (Fsp3) is 0.278. The smallest absolute Gasteiger partial charge is 0.224 e. The highest BCUT2D eigenvalue weighted by Gasteiger charge is 2.02. The molecule has 0 aliphatic carbocycles. The standard InChI is InChI=1S/C18H22N2O3.ClH/c1-22-16-7-9-17(10-8-16)23-12-2-11-20-18(21)13-14-3-5-15(19)6-4-14;/h3-10H,2,11-13,19H2,1H3,(H,20,21);1H. The topological polar surface area (TPSA) is 73.6 Å². The lowest BCUT2D eigenvalue weighted by Gasteiger charge is -2.08. The number of rotatable bonds is 8. The van der Waals surface area contributed by atoms with Crippen molar-refractivity contribution in [3.05, 3.63) is 54.1 Å².